The molecule has 0 saturated carbocycles. The van der Waals surface area contributed by atoms with Gasteiger partial charge in [0.05, 0.1) is 16.3 Å². The maximum Gasteiger partial charge on any atom is 0.258 e. The Morgan fingerprint density at radius 1 is 0.963 bits per heavy atom. The normalized spacial score (nSPS) is 10.5. The molecule has 5 nitrogen and oxygen atoms in total. The van der Waals surface area contributed by atoms with Crippen molar-refractivity contribution in [3.05, 3.63) is 76.6 Å². The highest BCUT2D eigenvalue weighted by atomic mass is 35.5. The van der Waals surface area contributed by atoms with E-state index < -0.39 is 0 Å². The number of para-hydroxylation sites is 2. The fourth-order valence-electron chi connectivity index (χ4n) is 2.78. The van der Waals surface area contributed by atoms with E-state index >= 15 is 0 Å². The van der Waals surface area contributed by atoms with Crippen molar-refractivity contribution < 1.29 is 4.79 Å². The van der Waals surface area contributed by atoms with Crippen LogP contribution >= 0.6 is 11.6 Å². The number of anilines is 3. The van der Waals surface area contributed by atoms with E-state index in [1.54, 1.807) is 6.07 Å². The van der Waals surface area contributed by atoms with Gasteiger partial charge >= 0.3 is 0 Å². The number of nitrogens with one attached hydrogen (secondary N) is 2. The number of rotatable bonds is 6. The van der Waals surface area contributed by atoms with Gasteiger partial charge < -0.3 is 10.6 Å². The van der Waals surface area contributed by atoms with Crippen LogP contribution in [0.25, 0.3) is 0 Å². The van der Waals surface area contributed by atoms with Gasteiger partial charge in [0.2, 0.25) is 5.95 Å². The molecule has 0 unspecified atom stereocenters. The van der Waals surface area contributed by atoms with Crippen LogP contribution in [0.3, 0.4) is 0 Å². The number of halogens is 1. The highest BCUT2D eigenvalue weighted by Crippen LogP contribution is 2.24. The van der Waals surface area contributed by atoms with Crippen LogP contribution in [0.4, 0.5) is 17.3 Å². The minimum absolute atomic E-state index is 0.227. The van der Waals surface area contributed by atoms with E-state index in [4.69, 9.17) is 11.6 Å². The lowest BCUT2D eigenvalue weighted by Crippen LogP contribution is -2.15. The second-order valence-corrected chi connectivity index (χ2v) is 6.42. The summed E-state index contributed by atoms with van der Waals surface area (Å²) in [4.78, 5) is 21.1. The molecular formula is C21H21ClN4O. The number of amides is 1. The largest absolute Gasteiger partial charge is 0.323 e. The van der Waals surface area contributed by atoms with E-state index in [1.807, 2.05) is 36.4 Å². The molecule has 6 heteroatoms. The van der Waals surface area contributed by atoms with Crippen molar-refractivity contribution in [2.45, 2.75) is 26.7 Å². The summed E-state index contributed by atoms with van der Waals surface area (Å²) in [7, 11) is 0. The van der Waals surface area contributed by atoms with Crippen molar-refractivity contribution in [3.63, 3.8) is 0 Å². The molecule has 0 aliphatic rings. The van der Waals surface area contributed by atoms with Crippen LogP contribution in [0, 0.1) is 0 Å². The molecule has 0 spiro atoms. The molecule has 1 heterocycles. The predicted octanol–water partition coefficient (Wildman–Crippen LogP) is 5.25. The molecule has 138 valence electrons. The first-order chi connectivity index (χ1) is 13.1. The molecule has 2 aromatic carbocycles. The van der Waals surface area contributed by atoms with Gasteiger partial charge in [-0.25, -0.2) is 9.97 Å². The molecule has 1 amide bonds. The molecule has 1 aromatic heterocycles. The van der Waals surface area contributed by atoms with E-state index in [0.717, 1.165) is 29.7 Å². The molecule has 0 bridgehead atoms. The third-order valence-corrected chi connectivity index (χ3v) is 4.60. The number of nitrogens with zero attached hydrogens (tertiary/aromatic N) is 2. The zero-order chi connectivity index (χ0) is 19.2. The molecule has 0 radical (unpaired) electrons. The number of hydrogen-bond acceptors (Lipinski definition) is 4. The average molecular weight is 381 g/mol. The number of hydrogen-bond donors (Lipinski definition) is 2. The standard InChI is InChI=1S/C21H21ClN4O/c1-3-14-8-7-9-15(4-2)19(14)26-20(27)16-12-23-21(24-13-16)25-18-11-6-5-10-17(18)22/h5-13H,3-4H2,1-2H3,(H,26,27)(H,23,24,25). The molecule has 0 saturated heterocycles. The number of carbonyl (C=O) groups excluding carboxylic acids is 1. The Morgan fingerprint density at radius 2 is 1.59 bits per heavy atom. The zero-order valence-corrected chi connectivity index (χ0v) is 16.0. The third-order valence-electron chi connectivity index (χ3n) is 4.27. The Morgan fingerprint density at radius 3 is 2.19 bits per heavy atom. The van der Waals surface area contributed by atoms with E-state index in [2.05, 4.69) is 34.4 Å². The SMILES string of the molecule is CCc1cccc(CC)c1NC(=O)c1cnc(Nc2ccccc2Cl)nc1. The highest BCUT2D eigenvalue weighted by Gasteiger charge is 2.13. The van der Waals surface area contributed by atoms with Crippen LogP contribution in [0.5, 0.6) is 0 Å². The maximum absolute atomic E-state index is 12.6. The van der Waals surface area contributed by atoms with Crippen molar-refractivity contribution in [1.29, 1.82) is 0 Å². The Bertz CT molecular complexity index is 919. The van der Waals surface area contributed by atoms with Crippen molar-refractivity contribution >= 4 is 34.8 Å². The molecule has 3 rings (SSSR count). The van der Waals surface area contributed by atoms with Crippen LogP contribution in [-0.4, -0.2) is 15.9 Å². The third kappa shape index (κ3) is 4.44. The van der Waals surface area contributed by atoms with Crippen LogP contribution in [0.1, 0.15) is 35.3 Å². The van der Waals surface area contributed by atoms with Crippen LogP contribution < -0.4 is 10.6 Å². The van der Waals surface area contributed by atoms with Crippen molar-refractivity contribution in [2.24, 2.45) is 0 Å². The van der Waals surface area contributed by atoms with Gasteiger partial charge in [-0.2, -0.15) is 0 Å². The highest BCUT2D eigenvalue weighted by molar-refractivity contribution is 6.33. The van der Waals surface area contributed by atoms with Gasteiger partial charge in [-0.15, -0.1) is 0 Å². The summed E-state index contributed by atoms with van der Waals surface area (Å²) in [6.07, 6.45) is 4.70. The topological polar surface area (TPSA) is 66.9 Å². The first-order valence-electron chi connectivity index (χ1n) is 8.88. The average Bonchev–Trinajstić information content (AvgIpc) is 2.70. The molecule has 0 atom stereocenters. The first kappa shape index (κ1) is 18.9. The lowest BCUT2D eigenvalue weighted by atomic mass is 10.0. The summed E-state index contributed by atoms with van der Waals surface area (Å²) >= 11 is 6.12. The summed E-state index contributed by atoms with van der Waals surface area (Å²) in [5.74, 6) is 0.151. The maximum atomic E-state index is 12.6. The molecular weight excluding hydrogens is 360 g/mol. The molecule has 2 N–H and O–H groups in total. The summed E-state index contributed by atoms with van der Waals surface area (Å²) in [5.41, 5.74) is 4.21. The first-order valence-corrected chi connectivity index (χ1v) is 9.25. The Hall–Kier alpha value is -2.92. The van der Waals surface area contributed by atoms with E-state index in [9.17, 15) is 4.79 Å². The monoisotopic (exact) mass is 380 g/mol. The van der Waals surface area contributed by atoms with Gasteiger partial charge in [0.1, 0.15) is 0 Å². The van der Waals surface area contributed by atoms with Crippen molar-refractivity contribution in [3.8, 4) is 0 Å². The van der Waals surface area contributed by atoms with E-state index in [0.29, 0.717) is 22.2 Å². The predicted molar refractivity (Wildman–Crippen MR) is 110 cm³/mol. The van der Waals surface area contributed by atoms with Crippen LogP contribution in [0.2, 0.25) is 5.02 Å². The molecule has 0 aliphatic heterocycles. The summed E-state index contributed by atoms with van der Waals surface area (Å²) < 4.78 is 0. The van der Waals surface area contributed by atoms with Gasteiger partial charge in [-0.05, 0) is 36.1 Å². The number of carbonyl (C=O) groups is 1. The number of benzene rings is 2. The second-order valence-electron chi connectivity index (χ2n) is 6.01. The van der Waals surface area contributed by atoms with E-state index in [-0.39, 0.29) is 5.91 Å². The summed E-state index contributed by atoms with van der Waals surface area (Å²) in [6, 6.07) is 13.4. The molecule has 0 fully saturated rings. The number of aryl methyl sites for hydroxylation is 2. The van der Waals surface area contributed by atoms with Gasteiger partial charge in [0, 0.05) is 18.1 Å². The molecule has 27 heavy (non-hydrogen) atoms. The molecule has 0 aliphatic carbocycles. The minimum atomic E-state index is -0.227. The van der Waals surface area contributed by atoms with Gasteiger partial charge in [-0.1, -0.05) is 55.8 Å². The van der Waals surface area contributed by atoms with Gasteiger partial charge in [-0.3, -0.25) is 4.79 Å². The molecule has 3 aromatic rings. The van der Waals surface area contributed by atoms with Crippen molar-refractivity contribution in [1.82, 2.24) is 9.97 Å². The number of aromatic nitrogens is 2. The summed E-state index contributed by atoms with van der Waals surface area (Å²) in [6.45, 7) is 4.14. The smallest absolute Gasteiger partial charge is 0.258 e. The van der Waals surface area contributed by atoms with E-state index in [1.165, 1.54) is 12.4 Å². The Labute approximate surface area is 163 Å². The fraction of sp³-hybridized carbons (Fsp3) is 0.190. The fourth-order valence-corrected chi connectivity index (χ4v) is 2.96. The lowest BCUT2D eigenvalue weighted by Gasteiger charge is -2.14. The lowest BCUT2D eigenvalue weighted by molar-refractivity contribution is 0.102. The second kappa shape index (κ2) is 8.64. The Balaban J connectivity index is 1.76. The van der Waals surface area contributed by atoms with Crippen LogP contribution in [-0.2, 0) is 12.8 Å². The quantitative estimate of drug-likeness (QED) is 0.612. The van der Waals surface area contributed by atoms with Gasteiger partial charge in [0.25, 0.3) is 5.91 Å². The minimum Gasteiger partial charge on any atom is -0.323 e. The van der Waals surface area contributed by atoms with Gasteiger partial charge in [0.15, 0.2) is 0 Å². The van der Waals surface area contributed by atoms with Crippen molar-refractivity contribution in [2.75, 3.05) is 10.6 Å². The van der Waals surface area contributed by atoms with Crippen LogP contribution in [0.15, 0.2) is 54.9 Å². The summed E-state index contributed by atoms with van der Waals surface area (Å²) in [5, 5.41) is 6.63. The zero-order valence-electron chi connectivity index (χ0n) is 15.3. The Kier molecular flexibility index (Phi) is 6.04.